The first-order chi connectivity index (χ1) is 10.1. The highest BCUT2D eigenvalue weighted by Gasteiger charge is 2.18. The van der Waals surface area contributed by atoms with Crippen LogP contribution in [0.25, 0.3) is 0 Å². The van der Waals surface area contributed by atoms with Gasteiger partial charge in [-0.3, -0.25) is 0 Å². The van der Waals surface area contributed by atoms with Crippen LogP contribution in [0.3, 0.4) is 0 Å². The monoisotopic (exact) mass is 306 g/mol. The zero-order valence-electron chi connectivity index (χ0n) is 11.7. The number of rotatable bonds is 6. The van der Waals surface area contributed by atoms with Crippen molar-refractivity contribution in [2.45, 2.75) is 30.6 Å². The van der Waals surface area contributed by atoms with Crippen molar-refractivity contribution in [2.75, 3.05) is 0 Å². The molecule has 0 saturated carbocycles. The van der Waals surface area contributed by atoms with Crippen molar-refractivity contribution < 1.29 is 18.3 Å². The molecule has 21 heavy (non-hydrogen) atoms. The SMILES string of the molecule is C[C@H](O)C(OCc1ccccc1)c1ccc([SH](=O)=O)cc1. The van der Waals surface area contributed by atoms with E-state index in [2.05, 4.69) is 0 Å². The summed E-state index contributed by atoms with van der Waals surface area (Å²) in [6.07, 6.45) is -1.19. The van der Waals surface area contributed by atoms with E-state index in [0.717, 1.165) is 11.1 Å². The van der Waals surface area contributed by atoms with Crippen LogP contribution in [0.5, 0.6) is 0 Å². The molecule has 2 aromatic carbocycles. The van der Waals surface area contributed by atoms with Crippen molar-refractivity contribution in [3.05, 3.63) is 65.7 Å². The second kappa shape index (κ2) is 7.36. The molecule has 0 aliphatic rings. The average Bonchev–Trinajstić information content (AvgIpc) is 2.48. The summed E-state index contributed by atoms with van der Waals surface area (Å²) in [7, 11) is -2.59. The Balaban J connectivity index is 2.11. The molecule has 5 heteroatoms. The first kappa shape index (κ1) is 15.7. The normalized spacial score (nSPS) is 14.0. The van der Waals surface area contributed by atoms with Crippen LogP contribution in [0, 0.1) is 0 Å². The summed E-state index contributed by atoms with van der Waals surface area (Å²) in [5.41, 5.74) is 1.77. The molecule has 112 valence electrons. The maximum absolute atomic E-state index is 10.9. The van der Waals surface area contributed by atoms with E-state index in [1.807, 2.05) is 30.3 Å². The first-order valence-electron chi connectivity index (χ1n) is 6.66. The fourth-order valence-corrected chi connectivity index (χ4v) is 2.45. The smallest absolute Gasteiger partial charge is 0.168 e. The largest absolute Gasteiger partial charge is 0.390 e. The van der Waals surface area contributed by atoms with Crippen LogP contribution in [0.2, 0.25) is 0 Å². The fraction of sp³-hybridized carbons (Fsp3) is 0.250. The highest BCUT2D eigenvalue weighted by Crippen LogP contribution is 2.23. The summed E-state index contributed by atoms with van der Waals surface area (Å²) >= 11 is 0. The maximum Gasteiger partial charge on any atom is 0.168 e. The molecule has 0 aromatic heterocycles. The summed E-state index contributed by atoms with van der Waals surface area (Å²) in [6.45, 7) is 2.03. The Morgan fingerprint density at radius 3 is 2.19 bits per heavy atom. The number of benzene rings is 2. The van der Waals surface area contributed by atoms with Gasteiger partial charge in [0, 0.05) is 0 Å². The third kappa shape index (κ3) is 4.39. The second-order valence-electron chi connectivity index (χ2n) is 4.81. The van der Waals surface area contributed by atoms with Crippen LogP contribution in [0.15, 0.2) is 59.5 Å². The number of thiol groups is 1. The van der Waals surface area contributed by atoms with E-state index in [1.54, 1.807) is 19.1 Å². The predicted octanol–water partition coefficient (Wildman–Crippen LogP) is 2.30. The molecule has 2 rings (SSSR count). The second-order valence-corrected chi connectivity index (χ2v) is 5.84. The average molecular weight is 306 g/mol. The van der Waals surface area contributed by atoms with Gasteiger partial charge in [-0.2, -0.15) is 0 Å². The third-order valence-electron chi connectivity index (χ3n) is 3.14. The van der Waals surface area contributed by atoms with Crippen LogP contribution in [-0.2, 0) is 22.0 Å². The van der Waals surface area contributed by atoms with Gasteiger partial charge in [-0.1, -0.05) is 42.5 Å². The maximum atomic E-state index is 10.9. The molecule has 2 atom stereocenters. The lowest BCUT2D eigenvalue weighted by Crippen LogP contribution is -2.18. The molecule has 0 spiro atoms. The van der Waals surface area contributed by atoms with Crippen molar-refractivity contribution in [1.29, 1.82) is 0 Å². The molecular weight excluding hydrogens is 288 g/mol. The quantitative estimate of drug-likeness (QED) is 0.804. The molecule has 0 radical (unpaired) electrons. The van der Waals surface area contributed by atoms with Crippen LogP contribution in [0.4, 0.5) is 0 Å². The fourth-order valence-electron chi connectivity index (χ4n) is 2.06. The van der Waals surface area contributed by atoms with E-state index in [9.17, 15) is 13.5 Å². The molecule has 0 heterocycles. The van der Waals surface area contributed by atoms with E-state index >= 15 is 0 Å². The summed E-state index contributed by atoms with van der Waals surface area (Å²) in [5.74, 6) is 0. The number of aliphatic hydroxyl groups is 1. The number of hydrogen-bond acceptors (Lipinski definition) is 4. The highest BCUT2D eigenvalue weighted by molar-refractivity contribution is 7.72. The molecule has 0 amide bonds. The topological polar surface area (TPSA) is 63.6 Å². The minimum absolute atomic E-state index is 0.251. The van der Waals surface area contributed by atoms with Gasteiger partial charge in [0.2, 0.25) is 0 Å². The Labute approximate surface area is 126 Å². The standard InChI is InChI=1S/C16H18O4S/c1-12(17)16(20-11-13-5-3-2-4-6-13)14-7-9-15(10-8-14)21(18)19/h2-10,12,16-17,21H,11H2,1H3/t12-,16?/m0/s1. The summed E-state index contributed by atoms with van der Waals surface area (Å²) in [6, 6.07) is 16.1. The molecule has 1 unspecified atom stereocenters. The van der Waals surface area contributed by atoms with Gasteiger partial charge in [0.25, 0.3) is 0 Å². The number of aliphatic hydroxyl groups excluding tert-OH is 1. The van der Waals surface area contributed by atoms with Crippen LogP contribution in [0.1, 0.15) is 24.2 Å². The van der Waals surface area contributed by atoms with Crippen LogP contribution < -0.4 is 0 Å². The van der Waals surface area contributed by atoms with E-state index in [-0.39, 0.29) is 4.90 Å². The van der Waals surface area contributed by atoms with Gasteiger partial charge in [-0.25, -0.2) is 8.42 Å². The Hall–Kier alpha value is -1.69. The third-order valence-corrected chi connectivity index (χ3v) is 3.86. The van der Waals surface area contributed by atoms with Crippen molar-refractivity contribution in [1.82, 2.24) is 0 Å². The molecule has 0 aliphatic heterocycles. The van der Waals surface area contributed by atoms with Gasteiger partial charge >= 0.3 is 0 Å². The van der Waals surface area contributed by atoms with Crippen molar-refractivity contribution in [3.63, 3.8) is 0 Å². The molecular formula is C16H18O4S. The molecule has 0 saturated heterocycles. The van der Waals surface area contributed by atoms with E-state index in [0.29, 0.717) is 6.61 Å². The molecule has 2 aromatic rings. The van der Waals surface area contributed by atoms with E-state index < -0.39 is 22.9 Å². The Morgan fingerprint density at radius 2 is 1.67 bits per heavy atom. The zero-order chi connectivity index (χ0) is 15.2. The molecule has 0 fully saturated rings. The van der Waals surface area contributed by atoms with Gasteiger partial charge < -0.3 is 9.84 Å². The van der Waals surface area contributed by atoms with Crippen LogP contribution in [-0.4, -0.2) is 19.6 Å². The van der Waals surface area contributed by atoms with Gasteiger partial charge in [0.05, 0.1) is 17.6 Å². The van der Waals surface area contributed by atoms with Gasteiger partial charge in [-0.15, -0.1) is 0 Å². The molecule has 4 nitrogen and oxygen atoms in total. The lowest BCUT2D eigenvalue weighted by Gasteiger charge is -2.21. The van der Waals surface area contributed by atoms with E-state index in [4.69, 9.17) is 4.74 Å². The molecule has 0 aliphatic carbocycles. The van der Waals surface area contributed by atoms with Crippen molar-refractivity contribution in [2.24, 2.45) is 0 Å². The zero-order valence-corrected chi connectivity index (χ0v) is 12.6. The lowest BCUT2D eigenvalue weighted by atomic mass is 10.1. The van der Waals surface area contributed by atoms with Crippen LogP contribution >= 0.6 is 0 Å². The van der Waals surface area contributed by atoms with Gasteiger partial charge in [0.1, 0.15) is 6.10 Å². The molecule has 0 bridgehead atoms. The summed E-state index contributed by atoms with van der Waals surface area (Å²) in [5, 5.41) is 9.88. The van der Waals surface area contributed by atoms with E-state index in [1.165, 1.54) is 12.1 Å². The number of ether oxygens (including phenoxy) is 1. The predicted molar refractivity (Wildman–Crippen MR) is 80.7 cm³/mol. The lowest BCUT2D eigenvalue weighted by molar-refractivity contribution is -0.0401. The Bertz CT molecular complexity index is 625. The van der Waals surface area contributed by atoms with Crippen molar-refractivity contribution in [3.8, 4) is 0 Å². The molecule has 1 N–H and O–H groups in total. The Morgan fingerprint density at radius 1 is 1.05 bits per heavy atom. The first-order valence-corrected chi connectivity index (χ1v) is 7.83. The van der Waals surface area contributed by atoms with Gasteiger partial charge in [0.15, 0.2) is 10.7 Å². The summed E-state index contributed by atoms with van der Waals surface area (Å²) < 4.78 is 27.5. The van der Waals surface area contributed by atoms with Gasteiger partial charge in [-0.05, 0) is 30.2 Å². The minimum atomic E-state index is -2.59. The van der Waals surface area contributed by atoms with Crippen molar-refractivity contribution >= 4 is 10.7 Å². The number of hydrogen-bond donors (Lipinski definition) is 2. The summed E-state index contributed by atoms with van der Waals surface area (Å²) in [4.78, 5) is 0.251. The Kier molecular flexibility index (Phi) is 5.50. The highest BCUT2D eigenvalue weighted by atomic mass is 32.2. The minimum Gasteiger partial charge on any atom is -0.390 e.